The lowest BCUT2D eigenvalue weighted by atomic mass is 9.91. The molecule has 0 spiro atoms. The molecule has 0 heterocycles. The highest BCUT2D eigenvalue weighted by molar-refractivity contribution is 6.34. The lowest BCUT2D eigenvalue weighted by Gasteiger charge is -2.39. The normalized spacial score (nSPS) is 13.4. The predicted octanol–water partition coefficient (Wildman–Crippen LogP) is 7.71. The Bertz CT molecular complexity index is 1390. The lowest BCUT2D eigenvalue weighted by Crippen LogP contribution is -2.55. The number of amides is 3. The number of hydrogen-bond acceptors (Lipinski definition) is 4. The van der Waals surface area contributed by atoms with Crippen LogP contribution in [0.15, 0.2) is 66.7 Å². The van der Waals surface area contributed by atoms with Crippen LogP contribution in [0.3, 0.4) is 0 Å². The Kier molecular flexibility index (Phi) is 11.4. The van der Waals surface area contributed by atoms with E-state index < -0.39 is 29.7 Å². The zero-order valence-electron chi connectivity index (χ0n) is 26.5. The maximum Gasteiger partial charge on any atom is 0.408 e. The molecule has 43 heavy (non-hydrogen) atoms. The summed E-state index contributed by atoms with van der Waals surface area (Å²) in [7, 11) is 0. The highest BCUT2D eigenvalue weighted by Gasteiger charge is 2.40. The molecule has 0 bridgehead atoms. The molecule has 7 nitrogen and oxygen atoms in total. The Morgan fingerprint density at radius 3 is 2.02 bits per heavy atom. The van der Waals surface area contributed by atoms with E-state index >= 15 is 0 Å². The number of ether oxygens (including phenoxy) is 1. The second-order valence-corrected chi connectivity index (χ2v) is 12.4. The van der Waals surface area contributed by atoms with Gasteiger partial charge in [0.2, 0.25) is 5.91 Å². The first kappa shape index (κ1) is 33.7. The van der Waals surface area contributed by atoms with Crippen LogP contribution in [0.5, 0.6) is 0 Å². The van der Waals surface area contributed by atoms with Crippen LogP contribution in [0.2, 0.25) is 5.02 Å². The summed E-state index contributed by atoms with van der Waals surface area (Å²) >= 11 is 6.51. The summed E-state index contributed by atoms with van der Waals surface area (Å²) in [6.07, 6.45) is 0.0951. The first-order chi connectivity index (χ1) is 20.2. The third-order valence-corrected chi connectivity index (χ3v) is 7.72. The Morgan fingerprint density at radius 1 is 0.884 bits per heavy atom. The third kappa shape index (κ3) is 8.83. The zero-order valence-corrected chi connectivity index (χ0v) is 27.2. The van der Waals surface area contributed by atoms with Gasteiger partial charge in [-0.2, -0.15) is 0 Å². The summed E-state index contributed by atoms with van der Waals surface area (Å²) in [5.41, 5.74) is 3.88. The molecule has 3 amide bonds. The van der Waals surface area contributed by atoms with Crippen molar-refractivity contribution in [1.29, 1.82) is 0 Å². The monoisotopic (exact) mass is 605 g/mol. The molecule has 0 saturated heterocycles. The minimum Gasteiger partial charge on any atom is -0.444 e. The Balaban J connectivity index is 2.17. The van der Waals surface area contributed by atoms with Gasteiger partial charge >= 0.3 is 6.09 Å². The van der Waals surface area contributed by atoms with Gasteiger partial charge in [0.15, 0.2) is 0 Å². The van der Waals surface area contributed by atoms with Gasteiger partial charge in [-0.15, -0.1) is 0 Å². The molecule has 3 aromatic carbocycles. The van der Waals surface area contributed by atoms with Gasteiger partial charge in [-0.1, -0.05) is 79.2 Å². The van der Waals surface area contributed by atoms with Crippen molar-refractivity contribution in [1.82, 2.24) is 10.2 Å². The smallest absolute Gasteiger partial charge is 0.408 e. The van der Waals surface area contributed by atoms with Gasteiger partial charge in [0.05, 0.1) is 10.7 Å². The Hall–Kier alpha value is -3.84. The molecule has 8 heteroatoms. The van der Waals surface area contributed by atoms with Crippen molar-refractivity contribution in [3.8, 4) is 0 Å². The third-order valence-electron chi connectivity index (χ3n) is 7.40. The second kappa shape index (κ2) is 14.6. The minimum atomic E-state index is -1.00. The summed E-state index contributed by atoms with van der Waals surface area (Å²) in [4.78, 5) is 43.8. The van der Waals surface area contributed by atoms with Crippen LogP contribution >= 0.6 is 11.6 Å². The number of anilines is 1. The second-order valence-electron chi connectivity index (χ2n) is 12.0. The topological polar surface area (TPSA) is 87.7 Å². The molecule has 3 rings (SSSR count). The number of alkyl carbamates (subject to hydrolysis) is 1. The molecule has 0 saturated carbocycles. The van der Waals surface area contributed by atoms with Crippen molar-refractivity contribution < 1.29 is 19.1 Å². The average Bonchev–Trinajstić information content (AvgIpc) is 2.93. The largest absolute Gasteiger partial charge is 0.444 e. The van der Waals surface area contributed by atoms with Gasteiger partial charge in [-0.3, -0.25) is 9.59 Å². The number of carbonyl (C=O) groups excluding carboxylic acids is 3. The number of rotatable bonds is 10. The van der Waals surface area contributed by atoms with E-state index in [-0.39, 0.29) is 18.4 Å². The van der Waals surface area contributed by atoms with Crippen molar-refractivity contribution in [2.24, 2.45) is 0 Å². The molecular weight excluding hydrogens is 562 g/mol. The fourth-order valence-corrected chi connectivity index (χ4v) is 5.38. The van der Waals surface area contributed by atoms with Crippen LogP contribution in [-0.4, -0.2) is 40.5 Å². The number of para-hydroxylation sites is 1. The number of nitrogens with zero attached hydrogens (tertiary/aromatic N) is 1. The van der Waals surface area contributed by atoms with Crippen LogP contribution in [0.25, 0.3) is 0 Å². The highest BCUT2D eigenvalue weighted by Crippen LogP contribution is 2.34. The van der Waals surface area contributed by atoms with Crippen LogP contribution in [0, 0.1) is 20.8 Å². The number of halogens is 1. The molecule has 3 unspecified atom stereocenters. The van der Waals surface area contributed by atoms with E-state index in [1.165, 1.54) is 0 Å². The van der Waals surface area contributed by atoms with Gasteiger partial charge in [0, 0.05) is 12.5 Å². The van der Waals surface area contributed by atoms with E-state index in [2.05, 4.69) is 10.6 Å². The van der Waals surface area contributed by atoms with Gasteiger partial charge in [0.1, 0.15) is 17.7 Å². The SMILES string of the molecule is CCC(C)N(C(=O)C(Cc1ccccc1)NC(=O)OC(C)(C)C)C(C(=O)Nc1c(C)cccc1Cl)c1c(C)cccc1C. The molecule has 230 valence electrons. The van der Waals surface area contributed by atoms with E-state index in [0.717, 1.165) is 27.8 Å². The molecule has 0 fully saturated rings. The summed E-state index contributed by atoms with van der Waals surface area (Å²) < 4.78 is 5.54. The Morgan fingerprint density at radius 2 is 1.47 bits per heavy atom. The predicted molar refractivity (Wildman–Crippen MR) is 173 cm³/mol. The van der Waals surface area contributed by atoms with Crippen molar-refractivity contribution in [2.75, 3.05) is 5.32 Å². The lowest BCUT2D eigenvalue weighted by molar-refractivity contribution is -0.143. The zero-order chi connectivity index (χ0) is 31.9. The average molecular weight is 606 g/mol. The number of benzene rings is 3. The molecule has 0 aliphatic carbocycles. The fourth-order valence-electron chi connectivity index (χ4n) is 5.11. The summed E-state index contributed by atoms with van der Waals surface area (Å²) in [6, 6.07) is 18.3. The maximum absolute atomic E-state index is 14.7. The van der Waals surface area contributed by atoms with Gasteiger partial charge in [-0.05, 0) is 88.8 Å². The molecule has 3 atom stereocenters. The molecule has 0 aromatic heterocycles. The van der Waals surface area contributed by atoms with Crippen LogP contribution in [0.4, 0.5) is 10.5 Å². The summed E-state index contributed by atoms with van der Waals surface area (Å²) in [5.74, 6) is -0.777. The standard InChI is InChI=1S/C35H44ClN3O4/c1-9-25(5)39(33(41)28(21-26-18-11-10-12-19-26)37-34(42)43-35(6,7)8)31(29-22(2)15-13-16-23(29)3)32(40)38-30-24(4)17-14-20-27(30)36/h10-20,25,28,31H,9,21H2,1-8H3,(H,37,42)(H,38,40). The Labute approximate surface area is 261 Å². The van der Waals surface area contributed by atoms with Crippen molar-refractivity contribution >= 4 is 35.2 Å². The number of aryl methyl sites for hydroxylation is 3. The van der Waals surface area contributed by atoms with Crippen LogP contribution < -0.4 is 10.6 Å². The van der Waals surface area contributed by atoms with Crippen LogP contribution in [-0.2, 0) is 20.7 Å². The molecule has 0 aliphatic rings. The number of carbonyl (C=O) groups is 3. The fraction of sp³-hybridized carbons (Fsp3) is 0.400. The maximum atomic E-state index is 14.7. The van der Waals surface area contributed by atoms with E-state index in [0.29, 0.717) is 17.1 Å². The van der Waals surface area contributed by atoms with Gasteiger partial charge < -0.3 is 20.3 Å². The molecule has 3 aromatic rings. The van der Waals surface area contributed by atoms with Crippen molar-refractivity contribution in [3.63, 3.8) is 0 Å². The highest BCUT2D eigenvalue weighted by atomic mass is 35.5. The molecule has 0 aliphatic heterocycles. The van der Waals surface area contributed by atoms with Crippen molar-refractivity contribution in [3.05, 3.63) is 99.6 Å². The first-order valence-corrected chi connectivity index (χ1v) is 15.1. The van der Waals surface area contributed by atoms with Gasteiger partial charge in [0.25, 0.3) is 5.91 Å². The molecule has 0 radical (unpaired) electrons. The summed E-state index contributed by atoms with van der Waals surface area (Å²) in [6.45, 7) is 14.9. The van der Waals surface area contributed by atoms with Gasteiger partial charge in [-0.25, -0.2) is 4.79 Å². The summed E-state index contributed by atoms with van der Waals surface area (Å²) in [5, 5.41) is 6.25. The van der Waals surface area contributed by atoms with E-state index in [1.807, 2.05) is 95.3 Å². The minimum absolute atomic E-state index is 0.219. The molecular formula is C35H44ClN3O4. The number of nitrogens with one attached hydrogen (secondary N) is 2. The van der Waals surface area contributed by atoms with E-state index in [1.54, 1.807) is 31.7 Å². The van der Waals surface area contributed by atoms with Crippen molar-refractivity contribution in [2.45, 2.75) is 92.0 Å². The number of hydrogen-bond donors (Lipinski definition) is 2. The van der Waals surface area contributed by atoms with E-state index in [9.17, 15) is 14.4 Å². The van der Waals surface area contributed by atoms with Crippen LogP contribution in [0.1, 0.15) is 74.9 Å². The quantitative estimate of drug-likeness (QED) is 0.248. The first-order valence-electron chi connectivity index (χ1n) is 14.7. The molecule has 2 N–H and O–H groups in total. The van der Waals surface area contributed by atoms with E-state index in [4.69, 9.17) is 16.3 Å².